The zero-order chi connectivity index (χ0) is 17.8. The second-order valence-electron chi connectivity index (χ2n) is 5.80. The van der Waals surface area contributed by atoms with E-state index in [1.54, 1.807) is 7.11 Å². The summed E-state index contributed by atoms with van der Waals surface area (Å²) in [5.41, 5.74) is 3.87. The summed E-state index contributed by atoms with van der Waals surface area (Å²) in [4.78, 5) is 12.1. The molecule has 0 atom stereocenters. The number of rotatable bonds is 5. The summed E-state index contributed by atoms with van der Waals surface area (Å²) in [5.74, 6) is 0.918. The molecular weight excluding hydrogens is 318 g/mol. The van der Waals surface area contributed by atoms with Crippen molar-refractivity contribution in [2.75, 3.05) is 12.4 Å². The van der Waals surface area contributed by atoms with Crippen molar-refractivity contribution < 1.29 is 13.9 Å². The van der Waals surface area contributed by atoms with Crippen LogP contribution in [0.1, 0.15) is 16.7 Å². The number of amides is 1. The second-order valence-corrected chi connectivity index (χ2v) is 5.80. The van der Waals surface area contributed by atoms with Gasteiger partial charge in [0.25, 0.3) is 0 Å². The molecule has 1 N–H and O–H groups in total. The van der Waals surface area contributed by atoms with Gasteiger partial charge in [0, 0.05) is 5.56 Å². The number of aryl methyl sites for hydroxylation is 2. The van der Waals surface area contributed by atoms with Gasteiger partial charge in [0.05, 0.1) is 13.5 Å². The average molecular weight is 337 g/mol. The first-order valence-electron chi connectivity index (χ1n) is 7.89. The molecule has 0 aliphatic heterocycles. The van der Waals surface area contributed by atoms with Crippen LogP contribution in [-0.4, -0.2) is 23.2 Å². The summed E-state index contributed by atoms with van der Waals surface area (Å²) in [6.07, 6.45) is 0.213. The topological polar surface area (TPSA) is 77.2 Å². The maximum atomic E-state index is 12.1. The van der Waals surface area contributed by atoms with Crippen LogP contribution in [0.25, 0.3) is 11.5 Å². The molecular formula is C19H19N3O3. The third-order valence-electron chi connectivity index (χ3n) is 3.82. The highest BCUT2D eigenvalue weighted by molar-refractivity contribution is 5.90. The van der Waals surface area contributed by atoms with E-state index in [0.717, 1.165) is 28.0 Å². The van der Waals surface area contributed by atoms with E-state index in [0.29, 0.717) is 5.89 Å². The minimum absolute atomic E-state index is 0.0921. The van der Waals surface area contributed by atoms with Crippen molar-refractivity contribution in [3.8, 4) is 17.2 Å². The zero-order valence-corrected chi connectivity index (χ0v) is 14.4. The third-order valence-corrected chi connectivity index (χ3v) is 3.82. The van der Waals surface area contributed by atoms with Crippen molar-refractivity contribution in [2.24, 2.45) is 0 Å². The first-order valence-corrected chi connectivity index (χ1v) is 7.89. The molecule has 2 aromatic carbocycles. The Morgan fingerprint density at radius 1 is 1.12 bits per heavy atom. The number of nitrogens with zero attached hydrogens (tertiary/aromatic N) is 2. The molecule has 1 aromatic heterocycles. The van der Waals surface area contributed by atoms with Crippen LogP contribution in [0.3, 0.4) is 0 Å². The van der Waals surface area contributed by atoms with E-state index < -0.39 is 0 Å². The molecule has 0 saturated carbocycles. The van der Waals surface area contributed by atoms with Crippen LogP contribution in [-0.2, 0) is 11.2 Å². The molecule has 0 bridgehead atoms. The summed E-state index contributed by atoms with van der Waals surface area (Å²) in [7, 11) is 1.60. The van der Waals surface area contributed by atoms with Gasteiger partial charge in [-0.25, -0.2) is 0 Å². The minimum atomic E-state index is -0.221. The van der Waals surface area contributed by atoms with E-state index in [-0.39, 0.29) is 18.3 Å². The van der Waals surface area contributed by atoms with Crippen LogP contribution in [0, 0.1) is 13.8 Å². The Morgan fingerprint density at radius 3 is 2.60 bits per heavy atom. The molecule has 0 radical (unpaired) electrons. The van der Waals surface area contributed by atoms with Crippen molar-refractivity contribution in [3.05, 3.63) is 59.2 Å². The number of hydrogen-bond acceptors (Lipinski definition) is 5. The minimum Gasteiger partial charge on any atom is -0.497 e. The van der Waals surface area contributed by atoms with Crippen LogP contribution in [0.5, 0.6) is 5.75 Å². The smallest absolute Gasteiger partial charge is 0.322 e. The van der Waals surface area contributed by atoms with Crippen molar-refractivity contribution in [1.29, 1.82) is 0 Å². The molecule has 25 heavy (non-hydrogen) atoms. The number of aromatic nitrogens is 2. The van der Waals surface area contributed by atoms with Gasteiger partial charge in [-0.15, -0.1) is 5.10 Å². The largest absolute Gasteiger partial charge is 0.497 e. The quantitative estimate of drug-likeness (QED) is 0.770. The first kappa shape index (κ1) is 16.7. The van der Waals surface area contributed by atoms with Crippen molar-refractivity contribution in [3.63, 3.8) is 0 Å². The number of methoxy groups -OCH3 is 1. The van der Waals surface area contributed by atoms with Crippen molar-refractivity contribution in [1.82, 2.24) is 10.2 Å². The molecule has 6 heteroatoms. The number of hydrogen-bond donors (Lipinski definition) is 1. The van der Waals surface area contributed by atoms with Gasteiger partial charge in [0.15, 0.2) is 0 Å². The predicted octanol–water partition coefficient (Wildman–Crippen LogP) is 3.54. The number of carbonyl (C=O) groups excluding carboxylic acids is 1. The van der Waals surface area contributed by atoms with Gasteiger partial charge in [-0.3, -0.25) is 10.1 Å². The Labute approximate surface area is 145 Å². The Bertz CT molecular complexity index is 885. The molecule has 0 aliphatic carbocycles. The van der Waals surface area contributed by atoms with Crippen LogP contribution in [0.2, 0.25) is 0 Å². The predicted molar refractivity (Wildman–Crippen MR) is 94.5 cm³/mol. The Kier molecular flexibility index (Phi) is 4.79. The van der Waals surface area contributed by atoms with Crippen molar-refractivity contribution >= 4 is 11.9 Å². The number of benzene rings is 2. The highest BCUT2D eigenvalue weighted by atomic mass is 16.5. The lowest BCUT2D eigenvalue weighted by atomic mass is 10.1. The highest BCUT2D eigenvalue weighted by Gasteiger charge is 2.13. The molecule has 128 valence electrons. The van der Waals surface area contributed by atoms with Gasteiger partial charge in [-0.2, -0.15) is 0 Å². The Balaban J connectivity index is 1.68. The fourth-order valence-corrected chi connectivity index (χ4v) is 2.44. The Hall–Kier alpha value is -3.15. The van der Waals surface area contributed by atoms with Crippen LogP contribution >= 0.6 is 0 Å². The average Bonchev–Trinajstić information content (AvgIpc) is 3.05. The number of nitrogens with one attached hydrogen (secondary N) is 1. The molecule has 6 nitrogen and oxygen atoms in total. The summed E-state index contributed by atoms with van der Waals surface area (Å²) in [6, 6.07) is 13.4. The maximum absolute atomic E-state index is 12.1. The van der Waals surface area contributed by atoms with E-state index in [9.17, 15) is 4.79 Å². The number of carbonyl (C=O) groups is 1. The molecule has 3 aromatic rings. The molecule has 0 spiro atoms. The Morgan fingerprint density at radius 2 is 1.88 bits per heavy atom. The fraction of sp³-hybridized carbons (Fsp3) is 0.211. The van der Waals surface area contributed by atoms with Gasteiger partial charge < -0.3 is 9.15 Å². The van der Waals surface area contributed by atoms with E-state index >= 15 is 0 Å². The summed E-state index contributed by atoms with van der Waals surface area (Å²) >= 11 is 0. The molecule has 0 saturated heterocycles. The molecule has 1 heterocycles. The van der Waals surface area contributed by atoms with E-state index in [1.165, 1.54) is 0 Å². The van der Waals surface area contributed by atoms with Gasteiger partial charge >= 0.3 is 6.01 Å². The lowest BCUT2D eigenvalue weighted by Crippen LogP contribution is -2.14. The monoisotopic (exact) mass is 337 g/mol. The molecule has 0 unspecified atom stereocenters. The number of anilines is 1. The molecule has 1 amide bonds. The second kappa shape index (κ2) is 7.17. The van der Waals surface area contributed by atoms with Crippen molar-refractivity contribution in [2.45, 2.75) is 20.3 Å². The standard InChI is InChI=1S/C19H19N3O3/c1-12-4-5-13(2)16(10-12)18-21-22-19(25-18)20-17(23)11-14-6-8-15(24-3)9-7-14/h4-10H,11H2,1-3H3,(H,20,22,23). The summed E-state index contributed by atoms with van der Waals surface area (Å²) < 4.78 is 10.7. The van der Waals surface area contributed by atoms with Crippen LogP contribution in [0.15, 0.2) is 46.9 Å². The van der Waals surface area contributed by atoms with Crippen LogP contribution < -0.4 is 10.1 Å². The van der Waals surface area contributed by atoms with E-state index in [1.807, 2.05) is 56.3 Å². The van der Waals surface area contributed by atoms with Gasteiger partial charge in [-0.05, 0) is 43.2 Å². The van der Waals surface area contributed by atoms with E-state index in [2.05, 4.69) is 15.5 Å². The maximum Gasteiger partial charge on any atom is 0.322 e. The lowest BCUT2D eigenvalue weighted by Gasteiger charge is -2.03. The van der Waals surface area contributed by atoms with Gasteiger partial charge in [-0.1, -0.05) is 34.9 Å². The zero-order valence-electron chi connectivity index (χ0n) is 14.4. The third kappa shape index (κ3) is 4.03. The van der Waals surface area contributed by atoms with Crippen LogP contribution in [0.4, 0.5) is 6.01 Å². The molecule has 0 aliphatic rings. The SMILES string of the molecule is COc1ccc(CC(=O)Nc2nnc(-c3cc(C)ccc3C)o2)cc1. The van der Waals surface area contributed by atoms with E-state index in [4.69, 9.17) is 9.15 Å². The van der Waals surface area contributed by atoms with Gasteiger partial charge in [0.2, 0.25) is 11.8 Å². The molecule has 0 fully saturated rings. The molecule has 3 rings (SSSR count). The number of ether oxygens (including phenoxy) is 1. The van der Waals surface area contributed by atoms with Gasteiger partial charge in [0.1, 0.15) is 5.75 Å². The fourth-order valence-electron chi connectivity index (χ4n) is 2.44. The normalized spacial score (nSPS) is 10.5. The first-order chi connectivity index (χ1) is 12.0. The lowest BCUT2D eigenvalue weighted by molar-refractivity contribution is -0.115. The summed E-state index contributed by atoms with van der Waals surface area (Å²) in [6.45, 7) is 3.97. The highest BCUT2D eigenvalue weighted by Crippen LogP contribution is 2.24. The summed E-state index contributed by atoms with van der Waals surface area (Å²) in [5, 5.41) is 10.6.